The van der Waals surface area contributed by atoms with Crippen molar-refractivity contribution in [2.24, 2.45) is 0 Å². The summed E-state index contributed by atoms with van der Waals surface area (Å²) in [6.45, 7) is 0. The predicted molar refractivity (Wildman–Crippen MR) is 76.1 cm³/mol. The van der Waals surface area contributed by atoms with Crippen molar-refractivity contribution in [2.45, 2.75) is 0 Å². The zero-order valence-corrected chi connectivity index (χ0v) is 11.3. The normalized spacial score (nSPS) is 10.1. The van der Waals surface area contributed by atoms with Gasteiger partial charge in [-0.15, -0.1) is 0 Å². The van der Waals surface area contributed by atoms with E-state index >= 15 is 0 Å². The van der Waals surface area contributed by atoms with Crippen LogP contribution in [0.5, 0.6) is 11.5 Å². The largest absolute Gasteiger partial charge is 0.507 e. The minimum atomic E-state index is -1.23. The fourth-order valence-electron chi connectivity index (χ4n) is 1.72. The number of phenolic OH excluding ortho intramolecular Hbond substituents is 2. The molecule has 0 saturated carbocycles. The summed E-state index contributed by atoms with van der Waals surface area (Å²) >= 11 is 5.72. The van der Waals surface area contributed by atoms with E-state index in [1.54, 1.807) is 0 Å². The van der Waals surface area contributed by atoms with Crippen LogP contribution >= 0.6 is 11.6 Å². The van der Waals surface area contributed by atoms with Crippen molar-refractivity contribution in [1.29, 1.82) is 0 Å². The lowest BCUT2D eigenvalue weighted by Crippen LogP contribution is -2.13. The van der Waals surface area contributed by atoms with Gasteiger partial charge in [0.1, 0.15) is 17.1 Å². The van der Waals surface area contributed by atoms with Crippen molar-refractivity contribution >= 4 is 29.2 Å². The molecule has 0 fully saturated rings. The van der Waals surface area contributed by atoms with Gasteiger partial charge in [0.05, 0.1) is 10.6 Å². The summed E-state index contributed by atoms with van der Waals surface area (Å²) in [6, 6.07) is 7.79. The van der Waals surface area contributed by atoms with Crippen molar-refractivity contribution in [3.05, 3.63) is 52.5 Å². The molecule has 0 spiro atoms. The number of carboxylic acids is 1. The maximum Gasteiger partial charge on any atom is 0.337 e. The highest BCUT2D eigenvalue weighted by atomic mass is 35.5. The molecular formula is C14H10ClNO5. The van der Waals surface area contributed by atoms with Crippen molar-refractivity contribution in [3.63, 3.8) is 0 Å². The van der Waals surface area contributed by atoms with Crippen molar-refractivity contribution in [1.82, 2.24) is 0 Å². The molecule has 0 unspecified atom stereocenters. The first-order chi connectivity index (χ1) is 9.90. The number of phenols is 2. The van der Waals surface area contributed by atoms with Gasteiger partial charge < -0.3 is 20.6 Å². The van der Waals surface area contributed by atoms with Gasteiger partial charge in [-0.25, -0.2) is 4.79 Å². The second-order valence-electron chi connectivity index (χ2n) is 4.13. The zero-order chi connectivity index (χ0) is 15.6. The Labute approximate surface area is 124 Å². The summed E-state index contributed by atoms with van der Waals surface area (Å²) in [7, 11) is 0. The van der Waals surface area contributed by atoms with Crippen LogP contribution in [0, 0.1) is 0 Å². The Kier molecular flexibility index (Phi) is 4.00. The summed E-state index contributed by atoms with van der Waals surface area (Å²) in [6.07, 6.45) is 0. The van der Waals surface area contributed by atoms with E-state index in [-0.39, 0.29) is 33.3 Å². The van der Waals surface area contributed by atoms with Crippen LogP contribution in [0.1, 0.15) is 20.7 Å². The SMILES string of the molecule is O=C(O)c1cc(NC(=O)c2c(O)cccc2O)ccc1Cl. The van der Waals surface area contributed by atoms with Gasteiger partial charge in [-0.2, -0.15) is 0 Å². The Morgan fingerprint density at radius 3 is 2.24 bits per heavy atom. The topological polar surface area (TPSA) is 107 Å². The number of nitrogens with one attached hydrogen (secondary N) is 1. The molecule has 0 aliphatic heterocycles. The third kappa shape index (κ3) is 3.06. The van der Waals surface area contributed by atoms with Gasteiger partial charge in [0.15, 0.2) is 0 Å². The molecule has 2 aromatic carbocycles. The number of halogens is 1. The van der Waals surface area contributed by atoms with Gasteiger partial charge in [-0.05, 0) is 30.3 Å². The summed E-state index contributed by atoms with van der Waals surface area (Å²) in [5, 5.41) is 30.5. The number of benzene rings is 2. The fraction of sp³-hybridized carbons (Fsp3) is 0. The molecule has 1 amide bonds. The lowest BCUT2D eigenvalue weighted by atomic mass is 10.1. The molecule has 0 heterocycles. The van der Waals surface area contributed by atoms with E-state index < -0.39 is 11.9 Å². The second-order valence-corrected chi connectivity index (χ2v) is 4.53. The monoisotopic (exact) mass is 307 g/mol. The van der Waals surface area contributed by atoms with Gasteiger partial charge in [0, 0.05) is 5.69 Å². The number of hydrogen-bond acceptors (Lipinski definition) is 4. The molecule has 2 rings (SSSR count). The van der Waals surface area contributed by atoms with E-state index in [1.807, 2.05) is 0 Å². The number of anilines is 1. The highest BCUT2D eigenvalue weighted by molar-refractivity contribution is 6.33. The molecule has 6 nitrogen and oxygen atoms in total. The van der Waals surface area contributed by atoms with Crippen LogP contribution in [0.3, 0.4) is 0 Å². The molecule has 0 atom stereocenters. The average molecular weight is 308 g/mol. The van der Waals surface area contributed by atoms with Crippen molar-refractivity contribution < 1.29 is 24.9 Å². The number of rotatable bonds is 3. The van der Waals surface area contributed by atoms with Crippen LogP contribution in [-0.4, -0.2) is 27.2 Å². The van der Waals surface area contributed by atoms with Gasteiger partial charge in [0.2, 0.25) is 0 Å². The Balaban J connectivity index is 2.32. The van der Waals surface area contributed by atoms with E-state index in [0.717, 1.165) is 0 Å². The highest BCUT2D eigenvalue weighted by Crippen LogP contribution is 2.28. The van der Waals surface area contributed by atoms with Crippen LogP contribution in [-0.2, 0) is 0 Å². The van der Waals surface area contributed by atoms with Gasteiger partial charge >= 0.3 is 5.97 Å². The molecular weight excluding hydrogens is 298 g/mol. The number of carboxylic acid groups (broad SMARTS) is 1. The number of aromatic hydroxyl groups is 2. The molecule has 2 aromatic rings. The first-order valence-electron chi connectivity index (χ1n) is 5.75. The number of carbonyl (C=O) groups excluding carboxylic acids is 1. The smallest absolute Gasteiger partial charge is 0.337 e. The first kappa shape index (κ1) is 14.7. The molecule has 0 aliphatic carbocycles. The molecule has 0 bridgehead atoms. The Hall–Kier alpha value is -2.73. The van der Waals surface area contributed by atoms with E-state index in [4.69, 9.17) is 16.7 Å². The second kappa shape index (κ2) is 5.72. The number of hydrogen-bond donors (Lipinski definition) is 4. The first-order valence-corrected chi connectivity index (χ1v) is 6.13. The summed E-state index contributed by atoms with van der Waals surface area (Å²) < 4.78 is 0. The lowest BCUT2D eigenvalue weighted by Gasteiger charge is -2.09. The quantitative estimate of drug-likeness (QED) is 0.697. The van der Waals surface area contributed by atoms with E-state index in [2.05, 4.69) is 5.32 Å². The molecule has 108 valence electrons. The summed E-state index contributed by atoms with van der Waals surface area (Å²) in [5.74, 6) is -2.79. The molecule has 4 N–H and O–H groups in total. The van der Waals surface area contributed by atoms with Crippen molar-refractivity contribution in [3.8, 4) is 11.5 Å². The minimum Gasteiger partial charge on any atom is -0.507 e. The molecule has 0 aliphatic rings. The van der Waals surface area contributed by atoms with Crippen LogP contribution < -0.4 is 5.32 Å². The van der Waals surface area contributed by atoms with E-state index in [1.165, 1.54) is 36.4 Å². The molecule has 0 radical (unpaired) electrons. The van der Waals surface area contributed by atoms with E-state index in [9.17, 15) is 19.8 Å². The van der Waals surface area contributed by atoms with Gasteiger partial charge in [0.25, 0.3) is 5.91 Å². The summed E-state index contributed by atoms with van der Waals surface area (Å²) in [5.41, 5.74) is -0.301. The van der Waals surface area contributed by atoms with Crippen LogP contribution in [0.4, 0.5) is 5.69 Å². The Morgan fingerprint density at radius 1 is 1.05 bits per heavy atom. The number of carbonyl (C=O) groups is 2. The predicted octanol–water partition coefficient (Wildman–Crippen LogP) is 2.70. The van der Waals surface area contributed by atoms with Crippen LogP contribution in [0.25, 0.3) is 0 Å². The molecule has 21 heavy (non-hydrogen) atoms. The average Bonchev–Trinajstić information content (AvgIpc) is 2.40. The Bertz CT molecular complexity index is 709. The van der Waals surface area contributed by atoms with Crippen molar-refractivity contribution in [2.75, 3.05) is 5.32 Å². The van der Waals surface area contributed by atoms with Gasteiger partial charge in [-0.1, -0.05) is 17.7 Å². The van der Waals surface area contributed by atoms with E-state index in [0.29, 0.717) is 0 Å². The number of amides is 1. The number of aromatic carboxylic acids is 1. The summed E-state index contributed by atoms with van der Waals surface area (Å²) in [4.78, 5) is 23.0. The molecule has 7 heteroatoms. The lowest BCUT2D eigenvalue weighted by molar-refractivity contribution is 0.0696. The highest BCUT2D eigenvalue weighted by Gasteiger charge is 2.17. The maximum absolute atomic E-state index is 12.0. The van der Waals surface area contributed by atoms with Crippen LogP contribution in [0.2, 0.25) is 5.02 Å². The van der Waals surface area contributed by atoms with Crippen LogP contribution in [0.15, 0.2) is 36.4 Å². The third-order valence-corrected chi connectivity index (χ3v) is 3.03. The third-order valence-electron chi connectivity index (χ3n) is 2.70. The molecule has 0 aromatic heterocycles. The Morgan fingerprint density at radius 2 is 1.67 bits per heavy atom. The molecule has 0 saturated heterocycles. The van der Waals surface area contributed by atoms with Gasteiger partial charge in [-0.3, -0.25) is 4.79 Å². The maximum atomic E-state index is 12.0. The zero-order valence-electron chi connectivity index (χ0n) is 10.5. The fourth-order valence-corrected chi connectivity index (χ4v) is 1.92. The standard InChI is InChI=1S/C14H10ClNO5/c15-9-5-4-7(6-8(9)14(20)21)16-13(19)12-10(17)2-1-3-11(12)18/h1-6,17-18H,(H,16,19)(H,20,21). The minimum absolute atomic E-state index is 0.0332.